The molecule has 1 atom stereocenters. The monoisotopic (exact) mass is 275 g/mol. The van der Waals surface area contributed by atoms with Gasteiger partial charge in [-0.3, -0.25) is 9.83 Å². The van der Waals surface area contributed by atoms with E-state index in [1.807, 2.05) is 37.2 Å². The number of aliphatic imine (C=N–C) groups is 1. The number of methoxy groups -OCH3 is 1. The Bertz CT molecular complexity index is 497. The van der Waals surface area contributed by atoms with Crippen molar-refractivity contribution >= 4 is 6.21 Å². The van der Waals surface area contributed by atoms with Crippen LogP contribution in [0.25, 0.3) is 0 Å². The minimum atomic E-state index is -0.0984. The largest absolute Gasteiger partial charge is 0.491 e. The molecule has 2 rings (SSSR count). The topological polar surface area (TPSA) is 37.3 Å². The minimum absolute atomic E-state index is 0.0984. The van der Waals surface area contributed by atoms with Crippen LogP contribution in [0, 0.1) is 0 Å². The zero-order chi connectivity index (χ0) is 14.5. The maximum atomic E-state index is 5.52. The second-order valence-electron chi connectivity index (χ2n) is 4.74. The molecule has 0 spiro atoms. The van der Waals surface area contributed by atoms with Crippen LogP contribution < -0.4 is 0 Å². The molecule has 0 aromatic heterocycles. The molecule has 0 N–H and O–H groups in total. The Hall–Kier alpha value is -2.01. The van der Waals surface area contributed by atoms with Gasteiger partial charge >= 0.3 is 0 Å². The number of hydroxylamine groups is 2. The molecule has 1 aromatic carbocycles. The van der Waals surface area contributed by atoms with Gasteiger partial charge in [0.25, 0.3) is 0 Å². The smallest absolute Gasteiger partial charge is 0.179 e. The molecule has 0 fully saturated rings. The van der Waals surface area contributed by atoms with Gasteiger partial charge in [-0.2, -0.15) is 0 Å². The molecule has 20 heavy (non-hydrogen) atoms. The molecule has 0 radical (unpaired) electrons. The lowest BCUT2D eigenvalue weighted by atomic mass is 10.1. The summed E-state index contributed by atoms with van der Waals surface area (Å²) in [6.07, 6.45) is 2.44. The summed E-state index contributed by atoms with van der Waals surface area (Å²) < 4.78 is 5.36. The van der Waals surface area contributed by atoms with E-state index in [9.17, 15) is 0 Å². The first-order valence-electron chi connectivity index (χ1n) is 6.53. The molecule has 1 unspecified atom stereocenters. The number of allylic oxidation sites excluding steroid dienone is 1. The van der Waals surface area contributed by atoms with Crippen molar-refractivity contribution in [2.45, 2.75) is 12.6 Å². The highest BCUT2D eigenvalue weighted by Crippen LogP contribution is 2.23. The van der Waals surface area contributed by atoms with Gasteiger partial charge in [-0.1, -0.05) is 30.3 Å². The normalized spacial score (nSPS) is 18.4. The van der Waals surface area contributed by atoms with Gasteiger partial charge in [0.2, 0.25) is 0 Å². The van der Waals surface area contributed by atoms with Crippen molar-refractivity contribution in [2.24, 2.45) is 4.99 Å². The van der Waals surface area contributed by atoms with E-state index >= 15 is 0 Å². The van der Waals surface area contributed by atoms with Gasteiger partial charge in [0.1, 0.15) is 0 Å². The molecule has 0 amide bonds. The van der Waals surface area contributed by atoms with Crippen LogP contribution in [0.5, 0.6) is 0 Å². The number of ether oxygens (including phenoxy) is 1. The van der Waals surface area contributed by atoms with Crippen molar-refractivity contribution in [3.05, 3.63) is 47.5 Å². The molecule has 108 valence electrons. The zero-order valence-corrected chi connectivity index (χ0v) is 12.4. The molecular weight excluding hydrogens is 254 g/mol. The lowest BCUT2D eigenvalue weighted by Crippen LogP contribution is -2.42. The quantitative estimate of drug-likeness (QED) is 0.822. The predicted octanol–water partition coefficient (Wildman–Crippen LogP) is 1.88. The second-order valence-corrected chi connectivity index (χ2v) is 4.74. The third kappa shape index (κ3) is 2.93. The third-order valence-electron chi connectivity index (χ3n) is 3.17. The highest BCUT2D eigenvalue weighted by molar-refractivity contribution is 5.77. The third-order valence-corrected chi connectivity index (χ3v) is 3.17. The van der Waals surface area contributed by atoms with Crippen LogP contribution in [-0.2, 0) is 16.0 Å². The van der Waals surface area contributed by atoms with E-state index in [1.165, 1.54) is 5.56 Å². The van der Waals surface area contributed by atoms with E-state index in [2.05, 4.69) is 17.1 Å². The summed E-state index contributed by atoms with van der Waals surface area (Å²) in [7, 11) is 7.20. The highest BCUT2D eigenvalue weighted by Gasteiger charge is 2.28. The van der Waals surface area contributed by atoms with Crippen LogP contribution in [0.4, 0.5) is 0 Å². The van der Waals surface area contributed by atoms with Crippen LogP contribution in [0.1, 0.15) is 5.56 Å². The van der Waals surface area contributed by atoms with Gasteiger partial charge in [-0.05, 0) is 5.56 Å². The van der Waals surface area contributed by atoms with E-state index in [0.29, 0.717) is 5.76 Å². The summed E-state index contributed by atoms with van der Waals surface area (Å²) in [5, 5.41) is 1.78. The van der Waals surface area contributed by atoms with Crippen molar-refractivity contribution in [1.29, 1.82) is 0 Å². The van der Waals surface area contributed by atoms with E-state index in [0.717, 1.165) is 12.2 Å². The molecule has 0 bridgehead atoms. The molecule has 1 aliphatic rings. The summed E-state index contributed by atoms with van der Waals surface area (Å²) in [5.74, 6) is 1.56. The van der Waals surface area contributed by atoms with Gasteiger partial charge in [-0.15, -0.1) is 0 Å². The molecule has 0 saturated carbocycles. The summed E-state index contributed by atoms with van der Waals surface area (Å²) >= 11 is 0. The van der Waals surface area contributed by atoms with E-state index in [4.69, 9.17) is 9.57 Å². The Kier molecular flexibility index (Phi) is 4.63. The van der Waals surface area contributed by atoms with Crippen LogP contribution in [0.2, 0.25) is 0 Å². The van der Waals surface area contributed by atoms with Gasteiger partial charge in [0.05, 0.1) is 20.4 Å². The zero-order valence-electron chi connectivity index (χ0n) is 12.4. The fraction of sp³-hybridized carbons (Fsp3) is 0.400. The maximum Gasteiger partial charge on any atom is 0.179 e. The van der Waals surface area contributed by atoms with E-state index in [-0.39, 0.29) is 6.17 Å². The fourth-order valence-corrected chi connectivity index (χ4v) is 2.25. The SMILES string of the molecule is COC1=C(N(C)C)N(OC)C(Cc2ccccc2)N=C1. The fourth-order valence-electron chi connectivity index (χ4n) is 2.25. The van der Waals surface area contributed by atoms with Crippen molar-refractivity contribution in [2.75, 3.05) is 28.3 Å². The van der Waals surface area contributed by atoms with Gasteiger partial charge in [0.15, 0.2) is 17.7 Å². The van der Waals surface area contributed by atoms with Crippen molar-refractivity contribution < 1.29 is 9.57 Å². The molecular formula is C15H21N3O2. The minimum Gasteiger partial charge on any atom is -0.491 e. The standard InChI is InChI=1S/C15H21N3O2/c1-17(2)15-13(19-3)11-16-14(18(15)20-4)10-12-8-6-5-7-9-12/h5-9,11,14H,10H2,1-4H3. The predicted molar refractivity (Wildman–Crippen MR) is 79.0 cm³/mol. The molecule has 1 aromatic rings. The lowest BCUT2D eigenvalue weighted by molar-refractivity contribution is -0.150. The number of nitrogens with zero attached hydrogens (tertiary/aromatic N) is 3. The van der Waals surface area contributed by atoms with E-state index < -0.39 is 0 Å². The van der Waals surface area contributed by atoms with E-state index in [1.54, 1.807) is 25.5 Å². The Morgan fingerprint density at radius 3 is 2.45 bits per heavy atom. The molecule has 0 saturated heterocycles. The Balaban J connectivity index is 2.25. The molecule has 0 aliphatic carbocycles. The van der Waals surface area contributed by atoms with Crippen molar-refractivity contribution in [3.63, 3.8) is 0 Å². The summed E-state index contributed by atoms with van der Waals surface area (Å²) in [5.41, 5.74) is 1.22. The number of rotatable bonds is 5. The molecule has 1 heterocycles. The second kappa shape index (κ2) is 6.43. The number of hydrogen-bond donors (Lipinski definition) is 0. The van der Waals surface area contributed by atoms with Crippen LogP contribution in [-0.4, -0.2) is 50.7 Å². The Morgan fingerprint density at radius 2 is 1.90 bits per heavy atom. The first-order valence-corrected chi connectivity index (χ1v) is 6.53. The lowest BCUT2D eigenvalue weighted by Gasteiger charge is -2.36. The van der Waals surface area contributed by atoms with Crippen molar-refractivity contribution in [1.82, 2.24) is 9.96 Å². The average Bonchev–Trinajstić information content (AvgIpc) is 2.47. The molecule has 5 heteroatoms. The van der Waals surface area contributed by atoms with Gasteiger partial charge in [0, 0.05) is 20.5 Å². The van der Waals surface area contributed by atoms with Crippen LogP contribution in [0.3, 0.4) is 0 Å². The van der Waals surface area contributed by atoms with Crippen LogP contribution >= 0.6 is 0 Å². The molecule has 1 aliphatic heterocycles. The van der Waals surface area contributed by atoms with Crippen LogP contribution in [0.15, 0.2) is 46.9 Å². The maximum absolute atomic E-state index is 5.52. The first-order chi connectivity index (χ1) is 9.67. The van der Waals surface area contributed by atoms with Gasteiger partial charge in [-0.25, -0.2) is 5.06 Å². The Labute approximate surface area is 120 Å². The molecule has 5 nitrogen and oxygen atoms in total. The van der Waals surface area contributed by atoms with Gasteiger partial charge < -0.3 is 9.64 Å². The summed E-state index contributed by atoms with van der Waals surface area (Å²) in [4.78, 5) is 12.0. The number of hydrogen-bond acceptors (Lipinski definition) is 5. The summed E-state index contributed by atoms with van der Waals surface area (Å²) in [6, 6.07) is 10.3. The highest BCUT2D eigenvalue weighted by atomic mass is 16.7. The summed E-state index contributed by atoms with van der Waals surface area (Å²) in [6.45, 7) is 0. The Morgan fingerprint density at radius 1 is 1.20 bits per heavy atom. The first kappa shape index (κ1) is 14.4. The number of benzene rings is 1. The van der Waals surface area contributed by atoms with Crippen molar-refractivity contribution in [3.8, 4) is 0 Å². The average molecular weight is 275 g/mol.